The summed E-state index contributed by atoms with van der Waals surface area (Å²) < 4.78 is 2.44. The molecule has 0 aliphatic heterocycles. The van der Waals surface area contributed by atoms with E-state index in [1.54, 1.807) is 13.0 Å². The third-order valence-corrected chi connectivity index (χ3v) is 3.98. The largest absolute Gasteiger partial charge is 0.350 e. The molecule has 0 aliphatic rings. The van der Waals surface area contributed by atoms with Crippen LogP contribution in [0.4, 0.5) is 0 Å². The molecule has 0 aliphatic carbocycles. The summed E-state index contributed by atoms with van der Waals surface area (Å²) in [7, 11) is 0. The van der Waals surface area contributed by atoms with E-state index in [0.29, 0.717) is 5.39 Å². The van der Waals surface area contributed by atoms with Crippen molar-refractivity contribution in [2.24, 2.45) is 0 Å². The van der Waals surface area contributed by atoms with Crippen molar-refractivity contribution < 1.29 is 4.79 Å². The fourth-order valence-corrected chi connectivity index (χ4v) is 2.86. The number of nitrogens with zero attached hydrogens (tertiary/aromatic N) is 1. The van der Waals surface area contributed by atoms with Gasteiger partial charge in [-0.05, 0) is 39.8 Å². The number of carbonyl (C=O) groups is 1. The third-order valence-electron chi connectivity index (χ3n) is 2.74. The fraction of sp³-hybridized carbons (Fsp3) is 0.429. The maximum atomic E-state index is 12.2. The normalized spacial score (nSPS) is 13.5. The fourth-order valence-electron chi connectivity index (χ4n) is 1.82. The number of amides is 1. The van der Waals surface area contributed by atoms with Gasteiger partial charge in [0.1, 0.15) is 6.04 Å². The molecular weight excluding hydrogens is 260 g/mol. The molecule has 102 valence electrons. The molecule has 4 nitrogen and oxygen atoms in total. The Morgan fingerprint density at radius 3 is 2.53 bits per heavy atom. The molecule has 1 amide bonds. The van der Waals surface area contributed by atoms with Crippen molar-refractivity contribution in [1.29, 1.82) is 0 Å². The highest BCUT2D eigenvalue weighted by atomic mass is 32.1. The summed E-state index contributed by atoms with van der Waals surface area (Å²) in [5.74, 6) is -0.138. The second-order valence-electron chi connectivity index (χ2n) is 5.63. The van der Waals surface area contributed by atoms with Gasteiger partial charge >= 0.3 is 0 Å². The number of fused-ring (bicyclic) bond motifs is 1. The molecule has 5 heteroatoms. The first kappa shape index (κ1) is 13.8. The molecule has 2 rings (SSSR count). The summed E-state index contributed by atoms with van der Waals surface area (Å²) in [5.41, 5.74) is -0.400. The second-order valence-corrected chi connectivity index (χ2v) is 6.65. The Kier molecular flexibility index (Phi) is 3.49. The molecule has 0 fully saturated rings. The van der Waals surface area contributed by atoms with Gasteiger partial charge in [-0.1, -0.05) is 23.7 Å². The molecule has 0 spiro atoms. The highest BCUT2D eigenvalue weighted by Crippen LogP contribution is 2.20. The van der Waals surface area contributed by atoms with Gasteiger partial charge in [0.15, 0.2) is 0 Å². The topological polar surface area (TPSA) is 51.1 Å². The van der Waals surface area contributed by atoms with E-state index in [9.17, 15) is 9.59 Å². The van der Waals surface area contributed by atoms with Crippen LogP contribution >= 0.6 is 11.5 Å². The minimum Gasteiger partial charge on any atom is -0.350 e. The van der Waals surface area contributed by atoms with E-state index < -0.39 is 6.04 Å². The zero-order chi connectivity index (χ0) is 14.2. The van der Waals surface area contributed by atoms with Crippen LogP contribution in [0.15, 0.2) is 29.1 Å². The SMILES string of the molecule is CC(C(=O)NC(C)(C)C)n1sc2ccccc2c1=O. The van der Waals surface area contributed by atoms with Crippen LogP contribution < -0.4 is 10.9 Å². The van der Waals surface area contributed by atoms with Crippen molar-refractivity contribution in [2.75, 3.05) is 0 Å². The van der Waals surface area contributed by atoms with Gasteiger partial charge in [0.05, 0.1) is 10.1 Å². The zero-order valence-electron chi connectivity index (χ0n) is 11.6. The second kappa shape index (κ2) is 4.81. The van der Waals surface area contributed by atoms with Crippen LogP contribution in [-0.2, 0) is 4.79 Å². The lowest BCUT2D eigenvalue weighted by Crippen LogP contribution is -2.44. The Labute approximate surface area is 116 Å². The van der Waals surface area contributed by atoms with Crippen molar-refractivity contribution in [1.82, 2.24) is 9.27 Å². The van der Waals surface area contributed by atoms with Crippen LogP contribution in [0.25, 0.3) is 10.1 Å². The summed E-state index contributed by atoms with van der Waals surface area (Å²) >= 11 is 1.33. The molecule has 0 saturated heterocycles. The van der Waals surface area contributed by atoms with Crippen LogP contribution in [0.2, 0.25) is 0 Å². The Balaban J connectivity index is 2.37. The Morgan fingerprint density at radius 2 is 1.95 bits per heavy atom. The van der Waals surface area contributed by atoms with Gasteiger partial charge in [0.2, 0.25) is 5.91 Å². The van der Waals surface area contributed by atoms with Crippen molar-refractivity contribution in [3.63, 3.8) is 0 Å². The predicted molar refractivity (Wildman–Crippen MR) is 78.7 cm³/mol. The molecule has 1 aromatic carbocycles. The van der Waals surface area contributed by atoms with Crippen LogP contribution in [0, 0.1) is 0 Å². The van der Waals surface area contributed by atoms with Crippen LogP contribution in [-0.4, -0.2) is 15.4 Å². The standard InChI is InChI=1S/C14H18N2O2S/c1-9(12(17)15-14(2,3)4)16-13(18)10-7-5-6-8-11(10)19-16/h5-9H,1-4H3,(H,15,17). The molecule has 1 unspecified atom stereocenters. The third kappa shape index (κ3) is 2.87. The number of carbonyl (C=O) groups excluding carboxylic acids is 1. The van der Waals surface area contributed by atoms with E-state index in [-0.39, 0.29) is 17.0 Å². The van der Waals surface area contributed by atoms with Crippen LogP contribution in [0.1, 0.15) is 33.7 Å². The van der Waals surface area contributed by atoms with Crippen molar-refractivity contribution in [2.45, 2.75) is 39.3 Å². The summed E-state index contributed by atoms with van der Waals surface area (Å²) in [6.07, 6.45) is 0. The monoisotopic (exact) mass is 278 g/mol. The van der Waals surface area contributed by atoms with Gasteiger partial charge in [-0.15, -0.1) is 0 Å². The van der Waals surface area contributed by atoms with E-state index >= 15 is 0 Å². The number of rotatable bonds is 2. The maximum Gasteiger partial charge on any atom is 0.269 e. The Morgan fingerprint density at radius 1 is 1.32 bits per heavy atom. The van der Waals surface area contributed by atoms with Gasteiger partial charge < -0.3 is 5.32 Å². The molecule has 0 bridgehead atoms. The van der Waals surface area contributed by atoms with E-state index in [0.717, 1.165) is 4.70 Å². The molecular formula is C14H18N2O2S. The average molecular weight is 278 g/mol. The lowest BCUT2D eigenvalue weighted by molar-refractivity contribution is -0.125. The quantitative estimate of drug-likeness (QED) is 0.917. The predicted octanol–water partition coefficient (Wildman–Crippen LogP) is 2.54. The number of benzene rings is 1. The molecule has 19 heavy (non-hydrogen) atoms. The summed E-state index contributed by atoms with van der Waals surface area (Å²) in [6, 6.07) is 6.92. The Hall–Kier alpha value is -1.62. The molecule has 1 N–H and O–H groups in total. The first-order valence-corrected chi connectivity index (χ1v) is 6.99. The van der Waals surface area contributed by atoms with E-state index in [1.165, 1.54) is 15.5 Å². The summed E-state index contributed by atoms with van der Waals surface area (Å²) in [5, 5.41) is 3.57. The van der Waals surface area contributed by atoms with Crippen LogP contribution in [0.5, 0.6) is 0 Å². The Bertz CT molecular complexity index is 664. The molecule has 2 aromatic rings. The molecule has 1 atom stereocenters. The van der Waals surface area contributed by atoms with Crippen molar-refractivity contribution in [3.05, 3.63) is 34.6 Å². The lowest BCUT2D eigenvalue weighted by atomic mass is 10.1. The first-order valence-electron chi connectivity index (χ1n) is 6.22. The van der Waals surface area contributed by atoms with Gasteiger partial charge in [-0.3, -0.25) is 13.5 Å². The molecule has 0 radical (unpaired) electrons. The van der Waals surface area contributed by atoms with Gasteiger partial charge in [-0.2, -0.15) is 0 Å². The maximum absolute atomic E-state index is 12.2. The highest BCUT2D eigenvalue weighted by molar-refractivity contribution is 7.13. The highest BCUT2D eigenvalue weighted by Gasteiger charge is 2.23. The van der Waals surface area contributed by atoms with E-state index in [2.05, 4.69) is 5.32 Å². The molecule has 1 heterocycles. The smallest absolute Gasteiger partial charge is 0.269 e. The van der Waals surface area contributed by atoms with Gasteiger partial charge in [-0.25, -0.2) is 0 Å². The minimum atomic E-state index is -0.496. The number of aromatic nitrogens is 1. The van der Waals surface area contributed by atoms with Crippen molar-refractivity contribution in [3.8, 4) is 0 Å². The number of hydrogen-bond donors (Lipinski definition) is 1. The van der Waals surface area contributed by atoms with Crippen LogP contribution in [0.3, 0.4) is 0 Å². The lowest BCUT2D eigenvalue weighted by Gasteiger charge is -2.23. The minimum absolute atomic E-state index is 0.0999. The molecule has 0 saturated carbocycles. The zero-order valence-corrected chi connectivity index (χ0v) is 12.4. The summed E-state index contributed by atoms with van der Waals surface area (Å²) in [6.45, 7) is 7.51. The van der Waals surface area contributed by atoms with E-state index in [1.807, 2.05) is 39.0 Å². The van der Waals surface area contributed by atoms with Gasteiger partial charge in [0, 0.05) is 5.54 Å². The first-order chi connectivity index (χ1) is 8.79. The number of hydrogen-bond acceptors (Lipinski definition) is 3. The van der Waals surface area contributed by atoms with Gasteiger partial charge in [0.25, 0.3) is 5.56 Å². The van der Waals surface area contributed by atoms with Crippen molar-refractivity contribution >= 4 is 27.5 Å². The van der Waals surface area contributed by atoms with E-state index in [4.69, 9.17) is 0 Å². The molecule has 1 aromatic heterocycles. The summed E-state index contributed by atoms with van der Waals surface area (Å²) in [4.78, 5) is 24.4. The average Bonchev–Trinajstić information content (AvgIpc) is 2.64. The number of nitrogens with one attached hydrogen (secondary N) is 1.